The lowest BCUT2D eigenvalue weighted by atomic mass is 10.1. The van der Waals surface area contributed by atoms with Crippen molar-refractivity contribution in [1.82, 2.24) is 19.9 Å². The standard InChI is InChI=1S/C13H16N4O/c1-18-13-3-2-11(7-16-13)17-9-15-8-12(17)10-4-5-14-6-10/h2-3,7-10,14H,4-6H2,1H3. The Morgan fingerprint density at radius 2 is 2.33 bits per heavy atom. The molecule has 94 valence electrons. The zero-order valence-electron chi connectivity index (χ0n) is 10.3. The predicted molar refractivity (Wildman–Crippen MR) is 68.1 cm³/mol. The highest BCUT2D eigenvalue weighted by atomic mass is 16.5. The molecule has 0 aromatic carbocycles. The molecule has 1 atom stereocenters. The van der Waals surface area contributed by atoms with Crippen LogP contribution in [0.2, 0.25) is 0 Å². The van der Waals surface area contributed by atoms with Crippen LogP contribution in [-0.4, -0.2) is 34.7 Å². The molecule has 0 saturated carbocycles. The summed E-state index contributed by atoms with van der Waals surface area (Å²) in [5.41, 5.74) is 2.27. The van der Waals surface area contributed by atoms with Crippen LogP contribution in [-0.2, 0) is 0 Å². The Bertz CT molecular complexity index is 514. The van der Waals surface area contributed by atoms with Gasteiger partial charge in [0.25, 0.3) is 0 Å². The van der Waals surface area contributed by atoms with Gasteiger partial charge in [-0.2, -0.15) is 0 Å². The van der Waals surface area contributed by atoms with E-state index in [2.05, 4.69) is 19.9 Å². The first-order valence-corrected chi connectivity index (χ1v) is 6.12. The molecule has 1 aliphatic rings. The van der Waals surface area contributed by atoms with Crippen molar-refractivity contribution < 1.29 is 4.74 Å². The average Bonchev–Trinajstić information content (AvgIpc) is 3.09. The van der Waals surface area contributed by atoms with E-state index in [-0.39, 0.29) is 0 Å². The molecule has 5 nitrogen and oxygen atoms in total. The number of imidazole rings is 1. The summed E-state index contributed by atoms with van der Waals surface area (Å²) in [5, 5.41) is 3.38. The summed E-state index contributed by atoms with van der Waals surface area (Å²) < 4.78 is 7.17. The zero-order valence-corrected chi connectivity index (χ0v) is 10.3. The highest BCUT2D eigenvalue weighted by Crippen LogP contribution is 2.24. The minimum Gasteiger partial charge on any atom is -0.481 e. The molecule has 0 aliphatic carbocycles. The summed E-state index contributed by atoms with van der Waals surface area (Å²) in [6, 6.07) is 3.87. The minimum atomic E-state index is 0.537. The first-order chi connectivity index (χ1) is 8.88. The molecular formula is C13H16N4O. The van der Waals surface area contributed by atoms with E-state index in [0.717, 1.165) is 25.2 Å². The van der Waals surface area contributed by atoms with Crippen LogP contribution in [0.3, 0.4) is 0 Å². The smallest absolute Gasteiger partial charge is 0.213 e. The van der Waals surface area contributed by atoms with Crippen LogP contribution in [0.4, 0.5) is 0 Å². The first-order valence-electron chi connectivity index (χ1n) is 6.12. The van der Waals surface area contributed by atoms with Crippen molar-refractivity contribution in [2.24, 2.45) is 0 Å². The van der Waals surface area contributed by atoms with E-state index >= 15 is 0 Å². The zero-order chi connectivity index (χ0) is 12.4. The fraction of sp³-hybridized carbons (Fsp3) is 0.385. The number of ether oxygens (including phenoxy) is 1. The van der Waals surface area contributed by atoms with Crippen LogP contribution in [0.15, 0.2) is 30.9 Å². The summed E-state index contributed by atoms with van der Waals surface area (Å²) in [7, 11) is 1.62. The fourth-order valence-electron chi connectivity index (χ4n) is 2.37. The lowest BCUT2D eigenvalue weighted by molar-refractivity contribution is 0.398. The van der Waals surface area contributed by atoms with Crippen molar-refractivity contribution in [2.75, 3.05) is 20.2 Å². The van der Waals surface area contributed by atoms with E-state index in [0.29, 0.717) is 11.8 Å². The Balaban J connectivity index is 1.93. The van der Waals surface area contributed by atoms with Crippen LogP contribution in [0.5, 0.6) is 5.88 Å². The number of methoxy groups -OCH3 is 1. The number of nitrogens with zero attached hydrogens (tertiary/aromatic N) is 3. The Kier molecular flexibility index (Phi) is 2.98. The second-order valence-electron chi connectivity index (χ2n) is 4.44. The maximum atomic E-state index is 5.07. The Morgan fingerprint density at radius 1 is 1.39 bits per heavy atom. The molecule has 0 radical (unpaired) electrons. The molecule has 1 saturated heterocycles. The molecule has 5 heteroatoms. The molecule has 1 N–H and O–H groups in total. The maximum Gasteiger partial charge on any atom is 0.213 e. The van der Waals surface area contributed by atoms with Crippen molar-refractivity contribution in [3.8, 4) is 11.6 Å². The molecule has 1 aliphatic heterocycles. The van der Waals surface area contributed by atoms with Gasteiger partial charge in [0.2, 0.25) is 5.88 Å². The number of pyridine rings is 1. The van der Waals surface area contributed by atoms with Crippen LogP contribution in [0.1, 0.15) is 18.0 Å². The average molecular weight is 244 g/mol. The van der Waals surface area contributed by atoms with Crippen LogP contribution >= 0.6 is 0 Å². The molecular weight excluding hydrogens is 228 g/mol. The Labute approximate surface area is 106 Å². The molecule has 18 heavy (non-hydrogen) atoms. The van der Waals surface area contributed by atoms with Gasteiger partial charge in [-0.25, -0.2) is 9.97 Å². The molecule has 3 rings (SSSR count). The van der Waals surface area contributed by atoms with Crippen molar-refractivity contribution in [3.05, 3.63) is 36.5 Å². The number of nitrogens with one attached hydrogen (secondary N) is 1. The molecule has 2 aromatic heterocycles. The van der Waals surface area contributed by atoms with Gasteiger partial charge >= 0.3 is 0 Å². The highest BCUT2D eigenvalue weighted by molar-refractivity contribution is 5.34. The van der Waals surface area contributed by atoms with E-state index in [1.165, 1.54) is 5.69 Å². The van der Waals surface area contributed by atoms with Crippen LogP contribution in [0.25, 0.3) is 5.69 Å². The van der Waals surface area contributed by atoms with Gasteiger partial charge in [0.15, 0.2) is 0 Å². The van der Waals surface area contributed by atoms with Crippen LogP contribution in [0, 0.1) is 0 Å². The summed E-state index contributed by atoms with van der Waals surface area (Å²) in [4.78, 5) is 8.50. The maximum absolute atomic E-state index is 5.07. The monoisotopic (exact) mass is 244 g/mol. The molecule has 1 unspecified atom stereocenters. The first kappa shape index (κ1) is 11.2. The minimum absolute atomic E-state index is 0.537. The SMILES string of the molecule is COc1ccc(-n2cncc2C2CCNC2)cn1. The third-order valence-corrected chi connectivity index (χ3v) is 3.35. The molecule has 3 heterocycles. The van der Waals surface area contributed by atoms with Gasteiger partial charge in [0, 0.05) is 30.4 Å². The van der Waals surface area contributed by atoms with Gasteiger partial charge in [-0.15, -0.1) is 0 Å². The normalized spacial score (nSPS) is 19.1. The number of hydrogen-bond acceptors (Lipinski definition) is 4. The topological polar surface area (TPSA) is 52.0 Å². The van der Waals surface area contributed by atoms with Gasteiger partial charge in [0.1, 0.15) is 0 Å². The lowest BCUT2D eigenvalue weighted by Gasteiger charge is -2.12. The number of hydrogen-bond donors (Lipinski definition) is 1. The largest absolute Gasteiger partial charge is 0.481 e. The van der Waals surface area contributed by atoms with E-state index in [1.54, 1.807) is 7.11 Å². The molecule has 0 bridgehead atoms. The van der Waals surface area contributed by atoms with Gasteiger partial charge < -0.3 is 14.6 Å². The Morgan fingerprint density at radius 3 is 3.00 bits per heavy atom. The quantitative estimate of drug-likeness (QED) is 0.885. The van der Waals surface area contributed by atoms with Crippen molar-refractivity contribution >= 4 is 0 Å². The highest BCUT2D eigenvalue weighted by Gasteiger charge is 2.20. The molecule has 2 aromatic rings. The van der Waals surface area contributed by atoms with E-state index in [4.69, 9.17) is 4.74 Å². The van der Waals surface area contributed by atoms with Gasteiger partial charge in [0.05, 0.1) is 25.3 Å². The van der Waals surface area contributed by atoms with Crippen molar-refractivity contribution in [1.29, 1.82) is 0 Å². The summed E-state index contributed by atoms with van der Waals surface area (Å²) in [5.74, 6) is 1.16. The van der Waals surface area contributed by atoms with E-state index in [1.807, 2.05) is 30.9 Å². The second kappa shape index (κ2) is 4.78. The third kappa shape index (κ3) is 1.97. The second-order valence-corrected chi connectivity index (χ2v) is 4.44. The van der Waals surface area contributed by atoms with Gasteiger partial charge in [-0.05, 0) is 19.0 Å². The summed E-state index contributed by atoms with van der Waals surface area (Å²) in [6.07, 6.45) is 6.76. The fourth-order valence-corrected chi connectivity index (χ4v) is 2.37. The number of rotatable bonds is 3. The van der Waals surface area contributed by atoms with Gasteiger partial charge in [-0.3, -0.25) is 0 Å². The third-order valence-electron chi connectivity index (χ3n) is 3.35. The number of aromatic nitrogens is 3. The van der Waals surface area contributed by atoms with E-state index in [9.17, 15) is 0 Å². The summed E-state index contributed by atoms with van der Waals surface area (Å²) >= 11 is 0. The van der Waals surface area contributed by atoms with Gasteiger partial charge in [-0.1, -0.05) is 0 Å². The van der Waals surface area contributed by atoms with Crippen LogP contribution < -0.4 is 10.1 Å². The lowest BCUT2D eigenvalue weighted by Crippen LogP contribution is -2.10. The molecule has 1 fully saturated rings. The van der Waals surface area contributed by atoms with Crippen molar-refractivity contribution in [3.63, 3.8) is 0 Å². The summed E-state index contributed by atoms with van der Waals surface area (Å²) in [6.45, 7) is 2.10. The Hall–Kier alpha value is -1.88. The van der Waals surface area contributed by atoms with Crippen molar-refractivity contribution in [2.45, 2.75) is 12.3 Å². The predicted octanol–water partition coefficient (Wildman–Crippen LogP) is 1.35. The molecule has 0 amide bonds. The molecule has 0 spiro atoms. The van der Waals surface area contributed by atoms with E-state index < -0.39 is 0 Å².